The number of halogens is 1. The van der Waals surface area contributed by atoms with Gasteiger partial charge in [0, 0.05) is 36.8 Å². The minimum atomic E-state index is -0.560. The number of nitrogens with one attached hydrogen (secondary N) is 1. The molecule has 0 saturated heterocycles. The van der Waals surface area contributed by atoms with Crippen LogP contribution >= 0.6 is 11.6 Å². The lowest BCUT2D eigenvalue weighted by molar-refractivity contribution is -0.133. The molecule has 1 aromatic heterocycles. The lowest BCUT2D eigenvalue weighted by atomic mass is 10.3. The Morgan fingerprint density at radius 3 is 2.62 bits per heavy atom. The predicted molar refractivity (Wildman–Crippen MR) is 109 cm³/mol. The fourth-order valence-corrected chi connectivity index (χ4v) is 2.99. The van der Waals surface area contributed by atoms with Crippen molar-refractivity contribution in [2.75, 3.05) is 26.0 Å². The van der Waals surface area contributed by atoms with E-state index in [0.717, 1.165) is 0 Å². The first-order chi connectivity index (χ1) is 13.9. The van der Waals surface area contributed by atoms with Gasteiger partial charge in [0.2, 0.25) is 11.8 Å². The van der Waals surface area contributed by atoms with E-state index in [-0.39, 0.29) is 31.3 Å². The van der Waals surface area contributed by atoms with Crippen molar-refractivity contribution in [3.8, 4) is 5.75 Å². The summed E-state index contributed by atoms with van der Waals surface area (Å²) in [5.74, 6) is -0.480. The molecule has 0 unspecified atom stereocenters. The van der Waals surface area contributed by atoms with Crippen molar-refractivity contribution in [3.05, 3.63) is 58.0 Å². The largest absolute Gasteiger partial charge is 0.497 e. The Hall–Kier alpha value is -3.26. The van der Waals surface area contributed by atoms with Gasteiger partial charge in [-0.25, -0.2) is 4.79 Å². The average Bonchev–Trinajstić information content (AvgIpc) is 3.00. The molecule has 0 aliphatic heterocycles. The van der Waals surface area contributed by atoms with E-state index in [1.807, 2.05) is 0 Å². The number of aryl methyl sites for hydroxylation is 1. The Morgan fingerprint density at radius 1 is 1.21 bits per heavy atom. The molecule has 0 radical (unpaired) electrons. The Bertz CT molecular complexity index is 1090. The summed E-state index contributed by atoms with van der Waals surface area (Å²) in [7, 11) is 3.09. The van der Waals surface area contributed by atoms with Gasteiger partial charge in [-0.15, -0.1) is 0 Å². The molecule has 29 heavy (non-hydrogen) atoms. The van der Waals surface area contributed by atoms with Gasteiger partial charge >= 0.3 is 5.76 Å². The first kappa shape index (κ1) is 20.5. The molecule has 2 amide bonds. The lowest BCUT2D eigenvalue weighted by Crippen LogP contribution is -2.35. The zero-order valence-corrected chi connectivity index (χ0v) is 16.7. The Balaban J connectivity index is 1.56. The number of rotatable bonds is 7. The Kier molecular flexibility index (Phi) is 6.23. The first-order valence-corrected chi connectivity index (χ1v) is 9.22. The number of carbonyl (C=O) groups excluding carboxylic acids is 2. The van der Waals surface area contributed by atoms with Gasteiger partial charge in [0.15, 0.2) is 5.58 Å². The Morgan fingerprint density at radius 2 is 1.93 bits per heavy atom. The van der Waals surface area contributed by atoms with Crippen molar-refractivity contribution >= 4 is 40.2 Å². The van der Waals surface area contributed by atoms with E-state index in [9.17, 15) is 14.4 Å². The number of hydrogen-bond donors (Lipinski definition) is 1. The maximum atomic E-state index is 12.4. The topological polar surface area (TPSA) is 93.8 Å². The number of aromatic nitrogens is 1. The zero-order chi connectivity index (χ0) is 21.0. The number of ether oxygens (including phenoxy) is 1. The summed E-state index contributed by atoms with van der Waals surface area (Å²) in [4.78, 5) is 37.9. The summed E-state index contributed by atoms with van der Waals surface area (Å²) in [5, 5.41) is 3.17. The van der Waals surface area contributed by atoms with Gasteiger partial charge < -0.3 is 19.4 Å². The molecule has 1 heterocycles. The minimum Gasteiger partial charge on any atom is -0.497 e. The second-order valence-electron chi connectivity index (χ2n) is 6.41. The molecule has 152 valence electrons. The van der Waals surface area contributed by atoms with Crippen molar-refractivity contribution in [3.63, 3.8) is 0 Å². The summed E-state index contributed by atoms with van der Waals surface area (Å²) < 4.78 is 11.6. The van der Waals surface area contributed by atoms with Crippen LogP contribution in [0.1, 0.15) is 6.42 Å². The molecule has 1 N–H and O–H groups in total. The second kappa shape index (κ2) is 8.83. The summed E-state index contributed by atoms with van der Waals surface area (Å²) in [6.45, 7) is 0.0260. The van der Waals surface area contributed by atoms with Gasteiger partial charge in [-0.3, -0.25) is 14.2 Å². The fraction of sp³-hybridized carbons (Fsp3) is 0.250. The van der Waals surface area contributed by atoms with Crippen LogP contribution in [0.5, 0.6) is 5.75 Å². The van der Waals surface area contributed by atoms with Gasteiger partial charge in [0.05, 0.1) is 19.2 Å². The lowest BCUT2D eigenvalue weighted by Gasteiger charge is -2.17. The summed E-state index contributed by atoms with van der Waals surface area (Å²) in [6, 6.07) is 11.7. The van der Waals surface area contributed by atoms with Crippen LogP contribution in [0.15, 0.2) is 51.7 Å². The maximum Gasteiger partial charge on any atom is 0.419 e. The summed E-state index contributed by atoms with van der Waals surface area (Å²) in [6.07, 6.45) is 0.0451. The highest BCUT2D eigenvalue weighted by Crippen LogP contribution is 2.19. The molecule has 0 atom stereocenters. The Labute approximate surface area is 171 Å². The van der Waals surface area contributed by atoms with E-state index >= 15 is 0 Å². The van der Waals surface area contributed by atoms with Gasteiger partial charge in [0.1, 0.15) is 5.75 Å². The van der Waals surface area contributed by atoms with Crippen LogP contribution in [0.2, 0.25) is 5.02 Å². The maximum absolute atomic E-state index is 12.4. The van der Waals surface area contributed by atoms with E-state index in [2.05, 4.69) is 5.32 Å². The number of fused-ring (bicyclic) bond motifs is 1. The number of amides is 2. The molecule has 9 heteroatoms. The van der Waals surface area contributed by atoms with Gasteiger partial charge in [0.25, 0.3) is 0 Å². The smallest absolute Gasteiger partial charge is 0.419 e. The molecule has 8 nitrogen and oxygen atoms in total. The van der Waals surface area contributed by atoms with E-state index in [1.54, 1.807) is 49.6 Å². The quantitative estimate of drug-likeness (QED) is 0.638. The van der Waals surface area contributed by atoms with Crippen molar-refractivity contribution < 1.29 is 18.7 Å². The molecular formula is C20H20ClN3O5. The zero-order valence-electron chi connectivity index (χ0n) is 16.0. The van der Waals surface area contributed by atoms with Crippen LogP contribution in [0.25, 0.3) is 11.1 Å². The third-order valence-corrected chi connectivity index (χ3v) is 4.59. The number of likely N-dealkylation sites (N-methyl/N-ethyl adjacent to an activating group) is 1. The highest BCUT2D eigenvalue weighted by Gasteiger charge is 2.16. The summed E-state index contributed by atoms with van der Waals surface area (Å²) >= 11 is 5.89. The molecule has 0 saturated carbocycles. The van der Waals surface area contributed by atoms with Crippen molar-refractivity contribution in [1.82, 2.24) is 9.47 Å². The predicted octanol–water partition coefficient (Wildman–Crippen LogP) is 2.74. The van der Waals surface area contributed by atoms with Gasteiger partial charge in [-0.05, 0) is 36.4 Å². The molecule has 2 aromatic carbocycles. The van der Waals surface area contributed by atoms with E-state index < -0.39 is 5.76 Å². The van der Waals surface area contributed by atoms with Crippen LogP contribution in [0, 0.1) is 0 Å². The third kappa shape index (κ3) is 4.97. The monoisotopic (exact) mass is 417 g/mol. The van der Waals surface area contributed by atoms with Gasteiger partial charge in [-0.2, -0.15) is 0 Å². The molecule has 3 aromatic rings. The SMILES string of the molecule is COc1ccc(NC(=O)CN(C)C(=O)CCn2c(=O)oc3cc(Cl)ccc32)cc1. The normalized spacial score (nSPS) is 10.7. The number of benzene rings is 2. The van der Waals surface area contributed by atoms with Gasteiger partial charge in [-0.1, -0.05) is 11.6 Å². The number of oxazole rings is 1. The van der Waals surface area contributed by atoms with E-state index in [4.69, 9.17) is 20.8 Å². The number of hydrogen-bond acceptors (Lipinski definition) is 5. The van der Waals surface area contributed by atoms with Crippen LogP contribution in [0.3, 0.4) is 0 Å². The molecule has 0 bridgehead atoms. The van der Waals surface area contributed by atoms with Crippen molar-refractivity contribution in [2.24, 2.45) is 0 Å². The highest BCUT2D eigenvalue weighted by molar-refractivity contribution is 6.31. The van der Waals surface area contributed by atoms with E-state index in [1.165, 1.54) is 16.5 Å². The van der Waals surface area contributed by atoms with Crippen LogP contribution in [-0.2, 0) is 16.1 Å². The average molecular weight is 418 g/mol. The van der Waals surface area contributed by atoms with Crippen molar-refractivity contribution in [2.45, 2.75) is 13.0 Å². The number of methoxy groups -OCH3 is 1. The van der Waals surface area contributed by atoms with Crippen LogP contribution in [0.4, 0.5) is 5.69 Å². The minimum absolute atomic E-state index is 0.0451. The number of carbonyl (C=O) groups is 2. The standard InChI is InChI=1S/C20H20ClN3O5/c1-23(12-18(25)22-14-4-6-15(28-2)7-5-14)19(26)9-10-24-16-8-3-13(21)11-17(16)29-20(24)27/h3-8,11H,9-10,12H2,1-2H3,(H,22,25). The second-order valence-corrected chi connectivity index (χ2v) is 6.84. The molecule has 0 aliphatic carbocycles. The molecular weight excluding hydrogens is 398 g/mol. The first-order valence-electron chi connectivity index (χ1n) is 8.84. The highest BCUT2D eigenvalue weighted by atomic mass is 35.5. The van der Waals surface area contributed by atoms with Crippen molar-refractivity contribution in [1.29, 1.82) is 0 Å². The number of nitrogens with zero attached hydrogens (tertiary/aromatic N) is 2. The van der Waals surface area contributed by atoms with Crippen LogP contribution < -0.4 is 15.8 Å². The third-order valence-electron chi connectivity index (χ3n) is 4.36. The molecule has 0 aliphatic rings. The summed E-state index contributed by atoms with van der Waals surface area (Å²) in [5.41, 5.74) is 1.53. The molecule has 0 fully saturated rings. The fourth-order valence-electron chi connectivity index (χ4n) is 2.83. The number of anilines is 1. The van der Waals surface area contributed by atoms with E-state index in [0.29, 0.717) is 27.6 Å². The molecule has 0 spiro atoms. The molecule has 3 rings (SSSR count). The van der Waals surface area contributed by atoms with Crippen LogP contribution in [-0.4, -0.2) is 42.0 Å².